The number of carbonyl (C=O) groups is 3. The van der Waals surface area contributed by atoms with Crippen LogP contribution in [0.25, 0.3) is 11.0 Å². The molecule has 2 aromatic heterocycles. The van der Waals surface area contributed by atoms with Crippen LogP contribution >= 0.6 is 11.8 Å². The third kappa shape index (κ3) is 7.07. The number of imidazole rings is 2. The van der Waals surface area contributed by atoms with E-state index in [4.69, 9.17) is 4.74 Å². The second kappa shape index (κ2) is 11.5. The maximum Gasteiger partial charge on any atom is 0.323 e. The summed E-state index contributed by atoms with van der Waals surface area (Å²) >= 11 is 1.75. The first-order valence-corrected chi connectivity index (χ1v) is 11.7. The van der Waals surface area contributed by atoms with Crippen LogP contribution in [0.3, 0.4) is 0 Å². The number of nitrogens with zero attached hydrogens (tertiary/aromatic N) is 1. The minimum atomic E-state index is -0.522. The second-order valence-electron chi connectivity index (χ2n) is 7.53. The highest BCUT2D eigenvalue weighted by Gasteiger charge is 2.14. The predicted octanol–water partition coefficient (Wildman–Crippen LogP) is 3.31. The first-order chi connectivity index (χ1) is 15.9. The number of thioether (sulfide) groups is 1. The van der Waals surface area contributed by atoms with E-state index in [0.717, 1.165) is 28.1 Å². The van der Waals surface area contributed by atoms with Crippen molar-refractivity contribution in [2.75, 3.05) is 17.7 Å². The lowest BCUT2D eigenvalue weighted by atomic mass is 10.1. The normalized spacial score (nSPS) is 11.0. The van der Waals surface area contributed by atoms with Crippen LogP contribution in [0.5, 0.6) is 0 Å². The second-order valence-corrected chi connectivity index (χ2v) is 8.70. The molecule has 0 aliphatic heterocycles. The molecular weight excluding hydrogens is 446 g/mol. The highest BCUT2D eigenvalue weighted by atomic mass is 32.2. The van der Waals surface area contributed by atoms with Gasteiger partial charge in [0.05, 0.1) is 11.0 Å². The van der Waals surface area contributed by atoms with Crippen LogP contribution in [0.1, 0.15) is 55.2 Å². The summed E-state index contributed by atoms with van der Waals surface area (Å²) in [6, 6.07) is 5.86. The molecule has 0 spiro atoms. The van der Waals surface area contributed by atoms with Crippen molar-refractivity contribution in [1.29, 1.82) is 0 Å². The van der Waals surface area contributed by atoms with Gasteiger partial charge in [-0.15, -0.1) is 11.8 Å². The Morgan fingerprint density at radius 1 is 1.12 bits per heavy atom. The number of benzene rings is 1. The molecule has 2 heterocycles. The number of ketones is 1. The number of unbranched alkanes of at least 4 members (excludes halogenated alkanes) is 1. The van der Waals surface area contributed by atoms with Crippen molar-refractivity contribution in [3.8, 4) is 0 Å². The molecule has 4 N–H and O–H groups in total. The fraction of sp³-hybridized carbons (Fsp3) is 0.409. The Morgan fingerprint density at radius 3 is 2.64 bits per heavy atom. The SMILES string of the molecule is CCCSc1ccc2nc(NC(=O)COC(=O)CCCCC(=O)c3[nH]c(=O)[nH]c3C)[nH]c2c1. The number of H-pyrrole nitrogens is 3. The number of anilines is 1. The number of aromatic amines is 3. The van der Waals surface area contributed by atoms with Gasteiger partial charge < -0.3 is 19.7 Å². The minimum Gasteiger partial charge on any atom is -0.456 e. The summed E-state index contributed by atoms with van der Waals surface area (Å²) in [4.78, 5) is 60.7. The van der Waals surface area contributed by atoms with Gasteiger partial charge in [-0.3, -0.25) is 19.7 Å². The number of rotatable bonds is 12. The minimum absolute atomic E-state index is 0.0893. The maximum absolute atomic E-state index is 12.1. The molecule has 0 aliphatic rings. The molecule has 0 unspecified atom stereocenters. The molecule has 0 saturated carbocycles. The molecule has 10 nitrogen and oxygen atoms in total. The Hall–Kier alpha value is -3.34. The zero-order valence-electron chi connectivity index (χ0n) is 18.6. The monoisotopic (exact) mass is 473 g/mol. The molecular formula is C22H27N5O5S. The van der Waals surface area contributed by atoms with E-state index in [-0.39, 0.29) is 24.3 Å². The van der Waals surface area contributed by atoms with Gasteiger partial charge in [-0.2, -0.15) is 0 Å². The van der Waals surface area contributed by atoms with Crippen LogP contribution in [0.4, 0.5) is 5.95 Å². The lowest BCUT2D eigenvalue weighted by Gasteiger charge is -2.05. The molecule has 1 amide bonds. The van der Waals surface area contributed by atoms with Crippen molar-refractivity contribution in [2.24, 2.45) is 0 Å². The topological polar surface area (TPSA) is 150 Å². The third-order valence-electron chi connectivity index (χ3n) is 4.78. The summed E-state index contributed by atoms with van der Waals surface area (Å²) in [5, 5.41) is 2.59. The molecule has 0 atom stereocenters. The van der Waals surface area contributed by atoms with Gasteiger partial charge in [-0.25, -0.2) is 9.78 Å². The number of nitrogens with one attached hydrogen (secondary N) is 4. The third-order valence-corrected chi connectivity index (χ3v) is 5.98. The summed E-state index contributed by atoms with van der Waals surface area (Å²) in [5.41, 5.74) is 1.89. The highest BCUT2D eigenvalue weighted by molar-refractivity contribution is 7.99. The van der Waals surface area contributed by atoms with Crippen molar-refractivity contribution in [3.05, 3.63) is 40.1 Å². The Bertz CT molecular complexity index is 1200. The summed E-state index contributed by atoms with van der Waals surface area (Å²) in [5.74, 6) is 0.107. The maximum atomic E-state index is 12.1. The van der Waals surface area contributed by atoms with Crippen molar-refractivity contribution in [1.82, 2.24) is 19.9 Å². The summed E-state index contributed by atoms with van der Waals surface area (Å²) in [6.07, 6.45) is 2.27. The number of esters is 1. The average Bonchev–Trinajstić information content (AvgIpc) is 3.34. The number of hydrogen-bond donors (Lipinski definition) is 4. The molecule has 11 heteroatoms. The summed E-state index contributed by atoms with van der Waals surface area (Å²) in [6.45, 7) is 3.35. The van der Waals surface area contributed by atoms with E-state index >= 15 is 0 Å². The largest absolute Gasteiger partial charge is 0.456 e. The van der Waals surface area contributed by atoms with Crippen molar-refractivity contribution in [3.63, 3.8) is 0 Å². The lowest BCUT2D eigenvalue weighted by Crippen LogP contribution is -2.21. The Balaban J connectivity index is 1.37. The van der Waals surface area contributed by atoms with Gasteiger partial charge in [-0.05, 0) is 50.1 Å². The van der Waals surface area contributed by atoms with E-state index in [0.29, 0.717) is 24.5 Å². The molecule has 0 aliphatic carbocycles. The van der Waals surface area contributed by atoms with Crippen LogP contribution in [-0.2, 0) is 14.3 Å². The molecule has 0 saturated heterocycles. The van der Waals surface area contributed by atoms with Gasteiger partial charge >= 0.3 is 11.7 Å². The van der Waals surface area contributed by atoms with E-state index in [1.54, 1.807) is 18.7 Å². The van der Waals surface area contributed by atoms with E-state index < -0.39 is 24.2 Å². The zero-order valence-corrected chi connectivity index (χ0v) is 19.4. The van der Waals surface area contributed by atoms with Crippen molar-refractivity contribution in [2.45, 2.75) is 50.8 Å². The molecule has 33 heavy (non-hydrogen) atoms. The van der Waals surface area contributed by atoms with E-state index in [2.05, 4.69) is 32.2 Å². The number of carbonyl (C=O) groups excluding carboxylic acids is 3. The summed E-state index contributed by atoms with van der Waals surface area (Å²) in [7, 11) is 0. The number of hydrogen-bond acceptors (Lipinski definition) is 7. The quantitative estimate of drug-likeness (QED) is 0.136. The molecule has 0 fully saturated rings. The predicted molar refractivity (Wildman–Crippen MR) is 126 cm³/mol. The molecule has 1 aromatic carbocycles. The van der Waals surface area contributed by atoms with Crippen LogP contribution in [0.2, 0.25) is 0 Å². The van der Waals surface area contributed by atoms with Gasteiger partial charge in [0.1, 0.15) is 5.69 Å². The van der Waals surface area contributed by atoms with Gasteiger partial charge in [0.2, 0.25) is 5.95 Å². The number of Topliss-reactive ketones (excluding diaryl/α,β-unsaturated/α-hetero) is 1. The molecule has 176 valence electrons. The van der Waals surface area contributed by atoms with Crippen LogP contribution in [-0.4, -0.2) is 50.0 Å². The molecule has 0 radical (unpaired) electrons. The van der Waals surface area contributed by atoms with Crippen LogP contribution < -0.4 is 11.0 Å². The van der Waals surface area contributed by atoms with Crippen molar-refractivity contribution >= 4 is 46.4 Å². The standard InChI is InChI=1S/C22H27N5O5S/c1-3-10-33-14-8-9-15-16(11-14)25-21(24-15)26-18(29)12-32-19(30)7-5-4-6-17(28)20-13(2)23-22(31)27-20/h8-9,11H,3-7,10,12H2,1-2H3,(H2,23,27,31)(H2,24,25,26,29). The van der Waals surface area contributed by atoms with Gasteiger partial charge in [0.15, 0.2) is 12.4 Å². The highest BCUT2D eigenvalue weighted by Crippen LogP contribution is 2.24. The number of aryl methyl sites for hydroxylation is 1. The van der Waals surface area contributed by atoms with Crippen LogP contribution in [0.15, 0.2) is 27.9 Å². The lowest BCUT2D eigenvalue weighted by molar-refractivity contribution is -0.147. The molecule has 0 bridgehead atoms. The van der Waals surface area contributed by atoms with E-state index in [9.17, 15) is 19.2 Å². The fourth-order valence-corrected chi connectivity index (χ4v) is 3.98. The zero-order chi connectivity index (χ0) is 23.8. The first kappa shape index (κ1) is 24.3. The van der Waals surface area contributed by atoms with Gasteiger partial charge in [-0.1, -0.05) is 6.92 Å². The molecule has 3 aromatic rings. The average molecular weight is 474 g/mol. The number of aromatic nitrogens is 4. The van der Waals surface area contributed by atoms with E-state index in [1.807, 2.05) is 18.2 Å². The molecule has 3 rings (SSSR count). The van der Waals surface area contributed by atoms with Crippen LogP contribution in [0, 0.1) is 6.92 Å². The van der Waals surface area contributed by atoms with Gasteiger partial charge in [0, 0.05) is 23.4 Å². The smallest absolute Gasteiger partial charge is 0.323 e. The fourth-order valence-electron chi connectivity index (χ4n) is 3.17. The van der Waals surface area contributed by atoms with Gasteiger partial charge in [0.25, 0.3) is 5.91 Å². The number of amides is 1. The Kier molecular flexibility index (Phi) is 8.47. The summed E-state index contributed by atoms with van der Waals surface area (Å²) < 4.78 is 4.99. The van der Waals surface area contributed by atoms with Crippen molar-refractivity contribution < 1.29 is 19.1 Å². The number of fused-ring (bicyclic) bond motifs is 1. The van der Waals surface area contributed by atoms with E-state index in [1.165, 1.54) is 0 Å². The Labute approximate surface area is 194 Å². The first-order valence-electron chi connectivity index (χ1n) is 10.8. The Morgan fingerprint density at radius 2 is 1.91 bits per heavy atom. The number of ether oxygens (including phenoxy) is 1.